The molecule has 0 aromatic heterocycles. The fourth-order valence-corrected chi connectivity index (χ4v) is 3.47. The topological polar surface area (TPSA) is 136 Å². The fraction of sp³-hybridized carbons (Fsp3) is 0.273. The van der Waals surface area contributed by atoms with E-state index in [2.05, 4.69) is 10.6 Å². The molecule has 0 saturated carbocycles. The van der Waals surface area contributed by atoms with Crippen LogP contribution in [0.4, 0.5) is 16.2 Å². The maximum atomic E-state index is 12.4. The largest absolute Gasteiger partial charge is 0.481 e. The van der Waals surface area contributed by atoms with E-state index in [-0.39, 0.29) is 24.4 Å². The highest BCUT2D eigenvalue weighted by Crippen LogP contribution is 2.20. The van der Waals surface area contributed by atoms with Gasteiger partial charge in [0.2, 0.25) is 5.91 Å². The molecule has 2 aromatic rings. The van der Waals surface area contributed by atoms with Crippen LogP contribution < -0.4 is 10.6 Å². The Morgan fingerprint density at radius 1 is 1.03 bits per heavy atom. The zero-order valence-corrected chi connectivity index (χ0v) is 16.9. The zero-order valence-electron chi connectivity index (χ0n) is 16.9. The van der Waals surface area contributed by atoms with Gasteiger partial charge in [-0.05, 0) is 48.7 Å². The lowest BCUT2D eigenvalue weighted by Crippen LogP contribution is -2.31. The zero-order chi connectivity index (χ0) is 22.5. The van der Waals surface area contributed by atoms with Gasteiger partial charge in [0.25, 0.3) is 0 Å². The normalized spacial score (nSPS) is 15.4. The first-order valence-electron chi connectivity index (χ1n) is 9.75. The Balaban J connectivity index is 1.55. The summed E-state index contributed by atoms with van der Waals surface area (Å²) >= 11 is 0. The minimum Gasteiger partial charge on any atom is -0.481 e. The molecule has 1 saturated heterocycles. The Bertz CT molecular complexity index is 1020. The second-order valence-electron chi connectivity index (χ2n) is 7.40. The first-order chi connectivity index (χ1) is 14.7. The van der Waals surface area contributed by atoms with Gasteiger partial charge in [-0.1, -0.05) is 18.2 Å². The van der Waals surface area contributed by atoms with Crippen molar-refractivity contribution in [3.8, 4) is 0 Å². The monoisotopic (exact) mass is 425 g/mol. The molecule has 0 bridgehead atoms. The van der Waals surface area contributed by atoms with Gasteiger partial charge >= 0.3 is 18.0 Å². The average molecular weight is 425 g/mol. The van der Waals surface area contributed by atoms with Gasteiger partial charge in [-0.25, -0.2) is 9.59 Å². The number of carbonyl (C=O) groups excluding carboxylic acids is 2. The number of anilines is 2. The van der Waals surface area contributed by atoms with Crippen LogP contribution in [-0.4, -0.2) is 52.1 Å². The summed E-state index contributed by atoms with van der Waals surface area (Å²) in [5.74, 6) is -2.59. The number of hydrogen-bond donors (Lipinski definition) is 4. The van der Waals surface area contributed by atoms with E-state index in [1.165, 1.54) is 6.07 Å². The average Bonchev–Trinajstić information content (AvgIpc) is 3.21. The van der Waals surface area contributed by atoms with Crippen molar-refractivity contribution in [3.05, 3.63) is 59.2 Å². The summed E-state index contributed by atoms with van der Waals surface area (Å²) in [6, 6.07) is 10.9. The van der Waals surface area contributed by atoms with E-state index in [1.54, 1.807) is 48.2 Å². The second-order valence-corrected chi connectivity index (χ2v) is 7.40. The third kappa shape index (κ3) is 5.39. The second kappa shape index (κ2) is 9.29. The van der Waals surface area contributed by atoms with Crippen LogP contribution in [0.1, 0.15) is 27.9 Å². The van der Waals surface area contributed by atoms with Crippen LogP contribution in [-0.2, 0) is 16.0 Å². The highest BCUT2D eigenvalue weighted by atomic mass is 16.4. The number of nitrogens with zero attached hydrogens (tertiary/aromatic N) is 1. The molecule has 3 rings (SSSR count). The van der Waals surface area contributed by atoms with Crippen LogP contribution in [0.25, 0.3) is 0 Å². The van der Waals surface area contributed by atoms with Crippen LogP contribution in [0.3, 0.4) is 0 Å². The molecule has 1 heterocycles. The quantitative estimate of drug-likeness (QED) is 0.562. The van der Waals surface area contributed by atoms with E-state index in [1.807, 2.05) is 0 Å². The molecule has 1 fully saturated rings. The summed E-state index contributed by atoms with van der Waals surface area (Å²) in [5, 5.41) is 23.5. The van der Waals surface area contributed by atoms with Crippen molar-refractivity contribution >= 4 is 35.3 Å². The number of rotatable bonds is 6. The van der Waals surface area contributed by atoms with Crippen molar-refractivity contribution in [1.82, 2.24) is 4.90 Å². The van der Waals surface area contributed by atoms with Crippen LogP contribution in [0.15, 0.2) is 42.5 Å². The van der Waals surface area contributed by atoms with E-state index in [0.717, 1.165) is 5.56 Å². The van der Waals surface area contributed by atoms with Crippen LogP contribution >= 0.6 is 0 Å². The van der Waals surface area contributed by atoms with E-state index < -0.39 is 23.9 Å². The minimum absolute atomic E-state index is 0.111. The summed E-state index contributed by atoms with van der Waals surface area (Å²) in [6.07, 6.45) is 0.619. The molecule has 1 aliphatic heterocycles. The molecule has 162 valence electrons. The van der Waals surface area contributed by atoms with E-state index in [4.69, 9.17) is 5.11 Å². The molecular weight excluding hydrogens is 402 g/mol. The van der Waals surface area contributed by atoms with Crippen molar-refractivity contribution in [1.29, 1.82) is 0 Å². The van der Waals surface area contributed by atoms with Crippen LogP contribution in [0.5, 0.6) is 0 Å². The molecule has 9 nitrogen and oxygen atoms in total. The number of amides is 3. The first-order valence-corrected chi connectivity index (χ1v) is 9.75. The lowest BCUT2D eigenvalue weighted by atomic mass is 10.1. The number of likely N-dealkylation sites (tertiary alicyclic amines) is 1. The van der Waals surface area contributed by atoms with Crippen molar-refractivity contribution < 1.29 is 29.4 Å². The molecule has 4 N–H and O–H groups in total. The Kier molecular flexibility index (Phi) is 6.54. The third-order valence-corrected chi connectivity index (χ3v) is 5.27. The Morgan fingerprint density at radius 3 is 2.35 bits per heavy atom. The highest BCUT2D eigenvalue weighted by Gasteiger charge is 2.30. The van der Waals surface area contributed by atoms with Gasteiger partial charge in [-0.3, -0.25) is 9.59 Å². The molecule has 2 aromatic carbocycles. The van der Waals surface area contributed by atoms with Crippen LogP contribution in [0.2, 0.25) is 0 Å². The number of nitrogens with one attached hydrogen (secondary N) is 2. The summed E-state index contributed by atoms with van der Waals surface area (Å²) in [5.41, 5.74) is 2.21. The SMILES string of the molecule is Cc1c(NC(=O)Nc2ccc(CC(=O)N3CC[C@H](C(=O)O)C3)cc2)cccc1C(=O)O. The summed E-state index contributed by atoms with van der Waals surface area (Å²) in [6.45, 7) is 2.29. The summed E-state index contributed by atoms with van der Waals surface area (Å²) in [4.78, 5) is 48.4. The first kappa shape index (κ1) is 21.8. The standard InChI is InChI=1S/C22H23N3O6/c1-13-17(21(29)30)3-2-4-18(13)24-22(31)23-16-7-5-14(6-8-16)11-19(26)25-10-9-15(12-25)20(27)28/h2-8,15H,9-12H2,1H3,(H,27,28)(H,29,30)(H2,23,24,31)/t15-/m0/s1. The predicted octanol–water partition coefficient (Wildman–Crippen LogP) is 2.81. The number of aliphatic carboxylic acids is 1. The van der Waals surface area contributed by atoms with Gasteiger partial charge in [0, 0.05) is 24.5 Å². The van der Waals surface area contributed by atoms with E-state index >= 15 is 0 Å². The van der Waals surface area contributed by atoms with Crippen molar-refractivity contribution in [2.75, 3.05) is 23.7 Å². The van der Waals surface area contributed by atoms with Gasteiger partial charge in [-0.15, -0.1) is 0 Å². The number of hydrogen-bond acceptors (Lipinski definition) is 4. The number of carboxylic acids is 2. The van der Waals surface area contributed by atoms with E-state index in [0.29, 0.717) is 29.9 Å². The smallest absolute Gasteiger partial charge is 0.336 e. The van der Waals surface area contributed by atoms with Gasteiger partial charge < -0.3 is 25.7 Å². The van der Waals surface area contributed by atoms with Gasteiger partial charge in [0.05, 0.1) is 17.9 Å². The molecule has 0 spiro atoms. The molecule has 0 aliphatic carbocycles. The highest BCUT2D eigenvalue weighted by molar-refractivity contribution is 6.01. The fourth-order valence-electron chi connectivity index (χ4n) is 3.47. The van der Waals surface area contributed by atoms with Gasteiger partial charge in [-0.2, -0.15) is 0 Å². The van der Waals surface area contributed by atoms with Crippen molar-refractivity contribution in [2.45, 2.75) is 19.8 Å². The maximum Gasteiger partial charge on any atom is 0.336 e. The molecule has 31 heavy (non-hydrogen) atoms. The molecule has 9 heteroatoms. The van der Waals surface area contributed by atoms with E-state index in [9.17, 15) is 24.3 Å². The lowest BCUT2D eigenvalue weighted by molar-refractivity contribution is -0.141. The van der Waals surface area contributed by atoms with Gasteiger partial charge in [0.1, 0.15) is 0 Å². The predicted molar refractivity (Wildman–Crippen MR) is 113 cm³/mol. The number of carbonyl (C=O) groups is 4. The molecular formula is C22H23N3O6. The van der Waals surface area contributed by atoms with Gasteiger partial charge in [0.15, 0.2) is 0 Å². The molecule has 1 atom stereocenters. The van der Waals surface area contributed by atoms with Crippen LogP contribution in [0, 0.1) is 12.8 Å². The number of carboxylic acid groups (broad SMARTS) is 2. The molecule has 0 unspecified atom stereocenters. The van der Waals surface area contributed by atoms with Crippen molar-refractivity contribution in [3.63, 3.8) is 0 Å². The Morgan fingerprint density at radius 2 is 1.74 bits per heavy atom. The Hall–Kier alpha value is -3.88. The molecule has 0 radical (unpaired) electrons. The Labute approximate surface area is 178 Å². The molecule has 1 aliphatic rings. The molecule has 3 amide bonds. The summed E-state index contributed by atoms with van der Waals surface area (Å²) < 4.78 is 0. The minimum atomic E-state index is -1.07. The van der Waals surface area contributed by atoms with Crippen molar-refractivity contribution in [2.24, 2.45) is 5.92 Å². The maximum absolute atomic E-state index is 12.4. The number of aromatic carboxylic acids is 1. The summed E-state index contributed by atoms with van der Waals surface area (Å²) in [7, 11) is 0. The number of benzene rings is 2. The lowest BCUT2D eigenvalue weighted by Gasteiger charge is -2.16. The number of urea groups is 1. The third-order valence-electron chi connectivity index (χ3n) is 5.27.